The standard InChI is InChI=1S/C30H36ClN5O5S/c1-17(2)42(39,40)25-8-6-5-7-23(25)33-29-22(31)15-32-30(35-29)34-24-13-18(3)27(21-14-19(4)41-28(21)24)20-9-11-36(12-10-20)16-26(37)38/h5-8,13,15,17,19-20H,9-12,14,16H2,1-4H3,(H,37,38)(H2,32,33,34,35)/t19-/m1/s1. The Morgan fingerprint density at radius 3 is 2.60 bits per heavy atom. The number of benzene rings is 2. The number of piperidine rings is 1. The minimum absolute atomic E-state index is 0.0102. The van der Waals surface area contributed by atoms with E-state index in [1.807, 2.05) is 17.9 Å². The van der Waals surface area contributed by atoms with Crippen molar-refractivity contribution in [1.82, 2.24) is 14.9 Å². The first kappa shape index (κ1) is 30.1. The number of likely N-dealkylation sites (tertiary alicyclic amines) is 1. The lowest BCUT2D eigenvalue weighted by Crippen LogP contribution is -2.37. The van der Waals surface area contributed by atoms with Gasteiger partial charge in [-0.15, -0.1) is 0 Å². The number of sulfone groups is 1. The third kappa shape index (κ3) is 6.18. The molecule has 2 aromatic carbocycles. The number of carboxylic acid groups (broad SMARTS) is 1. The molecule has 2 aliphatic heterocycles. The van der Waals surface area contributed by atoms with Crippen LogP contribution in [0.5, 0.6) is 5.75 Å². The molecule has 1 fully saturated rings. The second kappa shape index (κ2) is 12.1. The van der Waals surface area contributed by atoms with Gasteiger partial charge in [-0.1, -0.05) is 23.7 Å². The van der Waals surface area contributed by atoms with Crippen molar-refractivity contribution in [2.45, 2.75) is 69.1 Å². The van der Waals surface area contributed by atoms with E-state index < -0.39 is 21.1 Å². The largest absolute Gasteiger partial charge is 0.488 e. The fourth-order valence-electron chi connectivity index (χ4n) is 5.82. The zero-order valence-corrected chi connectivity index (χ0v) is 25.7. The minimum atomic E-state index is -3.55. The van der Waals surface area contributed by atoms with Crippen LogP contribution >= 0.6 is 11.6 Å². The van der Waals surface area contributed by atoms with Crippen molar-refractivity contribution in [3.05, 3.63) is 58.2 Å². The third-order valence-electron chi connectivity index (χ3n) is 7.85. The zero-order valence-electron chi connectivity index (χ0n) is 24.1. The van der Waals surface area contributed by atoms with Crippen molar-refractivity contribution < 1.29 is 23.1 Å². The second-order valence-electron chi connectivity index (χ2n) is 11.3. The average Bonchev–Trinajstić information content (AvgIpc) is 3.32. The van der Waals surface area contributed by atoms with Crippen molar-refractivity contribution in [2.24, 2.45) is 0 Å². The van der Waals surface area contributed by atoms with Gasteiger partial charge < -0.3 is 20.5 Å². The van der Waals surface area contributed by atoms with Crippen molar-refractivity contribution >= 4 is 50.5 Å². The number of nitrogens with one attached hydrogen (secondary N) is 2. The fraction of sp³-hybridized carbons (Fsp3) is 0.433. The van der Waals surface area contributed by atoms with Crippen LogP contribution in [-0.4, -0.2) is 65.3 Å². The number of nitrogens with zero attached hydrogens (tertiary/aromatic N) is 3. The number of rotatable bonds is 9. The number of aromatic nitrogens is 2. The maximum atomic E-state index is 12.9. The summed E-state index contributed by atoms with van der Waals surface area (Å²) < 4.78 is 32.2. The number of carbonyl (C=O) groups is 1. The second-order valence-corrected chi connectivity index (χ2v) is 14.1. The molecule has 0 aliphatic carbocycles. The van der Waals surface area contributed by atoms with Crippen molar-refractivity contribution in [3.63, 3.8) is 0 Å². The first-order chi connectivity index (χ1) is 19.9. The van der Waals surface area contributed by atoms with Gasteiger partial charge in [0.1, 0.15) is 16.9 Å². The summed E-state index contributed by atoms with van der Waals surface area (Å²) in [6, 6.07) is 8.72. The number of hydrogen-bond acceptors (Lipinski definition) is 9. The molecule has 1 atom stereocenters. The monoisotopic (exact) mass is 613 g/mol. The zero-order chi connectivity index (χ0) is 30.2. The van der Waals surface area contributed by atoms with Gasteiger partial charge in [0, 0.05) is 12.0 Å². The van der Waals surface area contributed by atoms with Crippen LogP contribution in [0.25, 0.3) is 0 Å². The molecular weight excluding hydrogens is 578 g/mol. The molecule has 1 saturated heterocycles. The molecule has 0 radical (unpaired) electrons. The molecule has 3 heterocycles. The van der Waals surface area contributed by atoms with Crippen molar-refractivity contribution in [2.75, 3.05) is 30.3 Å². The Balaban J connectivity index is 1.42. The Morgan fingerprint density at radius 1 is 1.19 bits per heavy atom. The molecule has 3 aromatic rings. The fourth-order valence-corrected chi connectivity index (χ4v) is 7.16. The number of fused-ring (bicyclic) bond motifs is 1. The SMILES string of the molecule is Cc1cc(Nc2ncc(Cl)c(Nc3ccccc3S(=O)(=O)C(C)C)n2)c2c(c1C1CCN(CC(=O)O)CC1)C[C@@H](C)O2. The quantitative estimate of drug-likeness (QED) is 0.276. The van der Waals surface area contributed by atoms with E-state index in [0.29, 0.717) is 11.6 Å². The Morgan fingerprint density at radius 2 is 1.90 bits per heavy atom. The van der Waals surface area contributed by atoms with Gasteiger partial charge in [0.2, 0.25) is 5.95 Å². The Labute approximate surface area is 251 Å². The number of para-hydroxylation sites is 1. The van der Waals surface area contributed by atoms with Crippen LogP contribution in [0.1, 0.15) is 56.2 Å². The molecule has 0 saturated carbocycles. The highest BCUT2D eigenvalue weighted by Crippen LogP contribution is 2.46. The highest BCUT2D eigenvalue weighted by Gasteiger charge is 2.32. The lowest BCUT2D eigenvalue weighted by molar-refractivity contribution is -0.138. The number of carboxylic acids is 1. The van der Waals surface area contributed by atoms with Crippen LogP contribution in [0.3, 0.4) is 0 Å². The van der Waals surface area contributed by atoms with E-state index in [0.717, 1.165) is 49.4 Å². The summed E-state index contributed by atoms with van der Waals surface area (Å²) >= 11 is 6.44. The smallest absolute Gasteiger partial charge is 0.317 e. The van der Waals surface area contributed by atoms with Gasteiger partial charge in [0.15, 0.2) is 15.7 Å². The summed E-state index contributed by atoms with van der Waals surface area (Å²) in [5.41, 5.74) is 4.71. The number of halogens is 1. The highest BCUT2D eigenvalue weighted by atomic mass is 35.5. The van der Waals surface area contributed by atoms with Gasteiger partial charge in [-0.25, -0.2) is 13.4 Å². The average molecular weight is 614 g/mol. The van der Waals surface area contributed by atoms with Crippen LogP contribution in [0.4, 0.5) is 23.1 Å². The number of ether oxygens (including phenoxy) is 1. The Bertz CT molecular complexity index is 1610. The van der Waals surface area contributed by atoms with Crippen LogP contribution in [0.15, 0.2) is 41.4 Å². The molecule has 0 bridgehead atoms. The molecule has 0 spiro atoms. The normalized spacial score (nSPS) is 17.6. The van der Waals surface area contributed by atoms with Crippen LogP contribution in [0, 0.1) is 6.92 Å². The first-order valence-electron chi connectivity index (χ1n) is 14.1. The molecule has 0 amide bonds. The Hall–Kier alpha value is -3.41. The van der Waals surface area contributed by atoms with E-state index in [4.69, 9.17) is 21.4 Å². The third-order valence-corrected chi connectivity index (χ3v) is 10.3. The molecule has 5 rings (SSSR count). The van der Waals surface area contributed by atoms with E-state index in [2.05, 4.69) is 27.5 Å². The number of aliphatic carboxylic acids is 1. The summed E-state index contributed by atoms with van der Waals surface area (Å²) in [7, 11) is -3.55. The predicted octanol–water partition coefficient (Wildman–Crippen LogP) is 5.70. The molecule has 42 heavy (non-hydrogen) atoms. The molecule has 0 unspecified atom stereocenters. The van der Waals surface area contributed by atoms with E-state index in [1.54, 1.807) is 38.1 Å². The van der Waals surface area contributed by atoms with E-state index in [9.17, 15) is 13.2 Å². The summed E-state index contributed by atoms with van der Waals surface area (Å²) in [5.74, 6) is 0.864. The van der Waals surface area contributed by atoms with Gasteiger partial charge in [0.25, 0.3) is 0 Å². The minimum Gasteiger partial charge on any atom is -0.488 e. The number of anilines is 4. The summed E-state index contributed by atoms with van der Waals surface area (Å²) in [6.45, 7) is 8.99. The summed E-state index contributed by atoms with van der Waals surface area (Å²) in [6.07, 6.45) is 4.05. The van der Waals surface area contributed by atoms with Gasteiger partial charge in [-0.2, -0.15) is 4.98 Å². The van der Waals surface area contributed by atoms with Crippen LogP contribution < -0.4 is 15.4 Å². The van der Waals surface area contributed by atoms with Gasteiger partial charge in [0.05, 0.1) is 34.3 Å². The Kier molecular flexibility index (Phi) is 8.63. The predicted molar refractivity (Wildman–Crippen MR) is 163 cm³/mol. The molecule has 10 nitrogen and oxygen atoms in total. The summed E-state index contributed by atoms with van der Waals surface area (Å²) in [4.78, 5) is 22.3. The first-order valence-corrected chi connectivity index (χ1v) is 16.0. The topological polar surface area (TPSA) is 134 Å². The maximum Gasteiger partial charge on any atom is 0.317 e. The van der Waals surface area contributed by atoms with Gasteiger partial charge in [-0.3, -0.25) is 9.69 Å². The van der Waals surface area contributed by atoms with Crippen molar-refractivity contribution in [3.8, 4) is 5.75 Å². The number of hydrogen-bond donors (Lipinski definition) is 3. The van der Waals surface area contributed by atoms with Crippen LogP contribution in [0.2, 0.25) is 5.02 Å². The molecule has 1 aromatic heterocycles. The highest BCUT2D eigenvalue weighted by molar-refractivity contribution is 7.92. The van der Waals surface area contributed by atoms with Crippen molar-refractivity contribution in [1.29, 1.82) is 0 Å². The van der Waals surface area contributed by atoms with Gasteiger partial charge in [-0.05, 0) is 88.9 Å². The maximum absolute atomic E-state index is 12.9. The molecule has 3 N–H and O–H groups in total. The van der Waals surface area contributed by atoms with Crippen LogP contribution in [-0.2, 0) is 21.1 Å². The van der Waals surface area contributed by atoms with E-state index >= 15 is 0 Å². The lowest BCUT2D eigenvalue weighted by atomic mass is 9.82. The molecule has 224 valence electrons. The van der Waals surface area contributed by atoms with E-state index in [-0.39, 0.29) is 34.3 Å². The molecule has 2 aliphatic rings. The number of aryl methyl sites for hydroxylation is 1. The van der Waals surface area contributed by atoms with E-state index in [1.165, 1.54) is 17.3 Å². The lowest BCUT2D eigenvalue weighted by Gasteiger charge is -2.33. The summed E-state index contributed by atoms with van der Waals surface area (Å²) in [5, 5.41) is 15.2. The molecule has 12 heteroatoms. The van der Waals surface area contributed by atoms with Gasteiger partial charge >= 0.3 is 5.97 Å². The molecular formula is C30H36ClN5O5S.